The molecule has 22 heavy (non-hydrogen) atoms. The first-order valence-electron chi connectivity index (χ1n) is 7.38. The molecule has 2 aliphatic rings. The van der Waals surface area contributed by atoms with Crippen LogP contribution in [0.25, 0.3) is 6.08 Å². The Kier molecular flexibility index (Phi) is 4.49. The Morgan fingerprint density at radius 1 is 1.50 bits per heavy atom. The van der Waals surface area contributed by atoms with Crippen molar-refractivity contribution in [3.05, 3.63) is 33.9 Å². The van der Waals surface area contributed by atoms with Gasteiger partial charge < -0.3 is 10.1 Å². The molecule has 0 spiro atoms. The first-order valence-corrected chi connectivity index (χ1v) is 8.59. The molecule has 1 aromatic rings. The van der Waals surface area contributed by atoms with Gasteiger partial charge in [0.25, 0.3) is 5.91 Å². The molecule has 2 fully saturated rings. The van der Waals surface area contributed by atoms with Crippen molar-refractivity contribution >= 4 is 45.2 Å². The van der Waals surface area contributed by atoms with Gasteiger partial charge in [-0.1, -0.05) is 22.9 Å². The number of nitrogens with one attached hydrogen (secondary N) is 1. The largest absolute Gasteiger partial charge is 0.493 e. The van der Waals surface area contributed by atoms with Crippen LogP contribution in [0, 0.1) is 0 Å². The topological polar surface area (TPSA) is 41.6 Å². The lowest BCUT2D eigenvalue weighted by atomic mass is 10.1. The molecule has 0 unspecified atom stereocenters. The molecule has 1 heterocycles. The molecule has 0 atom stereocenters. The maximum atomic E-state index is 12.5. The van der Waals surface area contributed by atoms with Crippen molar-refractivity contribution in [2.45, 2.75) is 32.2 Å². The maximum absolute atomic E-state index is 12.5. The van der Waals surface area contributed by atoms with Gasteiger partial charge >= 0.3 is 0 Å². The van der Waals surface area contributed by atoms with Crippen molar-refractivity contribution in [3.63, 3.8) is 0 Å². The molecule has 1 aromatic carbocycles. The van der Waals surface area contributed by atoms with Crippen molar-refractivity contribution in [1.29, 1.82) is 0 Å². The van der Waals surface area contributed by atoms with Crippen LogP contribution < -0.4 is 10.1 Å². The quantitative estimate of drug-likeness (QED) is 0.627. The average molecular weight is 381 g/mol. The van der Waals surface area contributed by atoms with Gasteiger partial charge in [0.2, 0.25) is 0 Å². The average Bonchev–Trinajstić information content (AvgIpc) is 3.26. The minimum atomic E-state index is -0.0473. The number of ether oxygens (including phenoxy) is 1. The third-order valence-electron chi connectivity index (χ3n) is 3.55. The van der Waals surface area contributed by atoms with Gasteiger partial charge in [-0.15, -0.1) is 0 Å². The van der Waals surface area contributed by atoms with Crippen LogP contribution in [0.5, 0.6) is 5.75 Å². The van der Waals surface area contributed by atoms with Crippen molar-refractivity contribution in [1.82, 2.24) is 10.2 Å². The van der Waals surface area contributed by atoms with Gasteiger partial charge in [0.1, 0.15) is 11.4 Å². The summed E-state index contributed by atoms with van der Waals surface area (Å²) >= 11 is 8.73. The summed E-state index contributed by atoms with van der Waals surface area (Å²) in [5, 5.41) is 3.53. The zero-order chi connectivity index (χ0) is 15.7. The SMILES string of the molecule is CCCOc1ccc(Br)cc1/C=C1/NC(=S)N(C2CC2)C1=O. The van der Waals surface area contributed by atoms with E-state index in [0.717, 1.165) is 35.0 Å². The number of thiocarbonyl (C=S) groups is 1. The van der Waals surface area contributed by atoms with Gasteiger partial charge in [-0.2, -0.15) is 0 Å². The highest BCUT2D eigenvalue weighted by molar-refractivity contribution is 9.10. The zero-order valence-corrected chi connectivity index (χ0v) is 14.7. The summed E-state index contributed by atoms with van der Waals surface area (Å²) < 4.78 is 6.69. The first kappa shape index (κ1) is 15.5. The number of rotatable bonds is 5. The van der Waals surface area contributed by atoms with E-state index in [1.165, 1.54) is 0 Å². The number of hydrogen-bond acceptors (Lipinski definition) is 3. The van der Waals surface area contributed by atoms with Gasteiger partial charge in [0.05, 0.1) is 6.61 Å². The minimum absolute atomic E-state index is 0.0473. The summed E-state index contributed by atoms with van der Waals surface area (Å²) in [6.07, 6.45) is 4.81. The Labute approximate surface area is 143 Å². The van der Waals surface area contributed by atoms with E-state index in [9.17, 15) is 4.79 Å². The molecule has 1 saturated heterocycles. The van der Waals surface area contributed by atoms with E-state index >= 15 is 0 Å². The third kappa shape index (κ3) is 3.17. The summed E-state index contributed by atoms with van der Waals surface area (Å²) in [5.74, 6) is 0.719. The molecule has 1 aliphatic heterocycles. The second kappa shape index (κ2) is 6.38. The molecule has 0 aromatic heterocycles. The molecule has 3 rings (SSSR count). The molecule has 1 aliphatic carbocycles. The molecule has 0 radical (unpaired) electrons. The molecule has 116 valence electrons. The number of carbonyl (C=O) groups excluding carboxylic acids is 1. The van der Waals surface area contributed by atoms with E-state index in [2.05, 4.69) is 28.2 Å². The zero-order valence-electron chi connectivity index (χ0n) is 12.3. The molecule has 0 bridgehead atoms. The maximum Gasteiger partial charge on any atom is 0.276 e. The summed E-state index contributed by atoms with van der Waals surface area (Å²) in [5.41, 5.74) is 1.37. The lowest BCUT2D eigenvalue weighted by Gasteiger charge is -2.11. The Hall–Kier alpha value is -1.40. The van der Waals surface area contributed by atoms with Crippen LogP contribution >= 0.6 is 28.1 Å². The molecule has 6 heteroatoms. The van der Waals surface area contributed by atoms with Gasteiger partial charge in [-0.05, 0) is 55.8 Å². The van der Waals surface area contributed by atoms with Crippen molar-refractivity contribution < 1.29 is 9.53 Å². The van der Waals surface area contributed by atoms with Crippen molar-refractivity contribution in [2.24, 2.45) is 0 Å². The highest BCUT2D eigenvalue weighted by atomic mass is 79.9. The number of hydrogen-bond donors (Lipinski definition) is 1. The van der Waals surface area contributed by atoms with Gasteiger partial charge in [-0.25, -0.2) is 0 Å². The monoisotopic (exact) mass is 380 g/mol. The normalized spacial score (nSPS) is 19.7. The van der Waals surface area contributed by atoms with E-state index in [1.54, 1.807) is 4.90 Å². The lowest BCUT2D eigenvalue weighted by Crippen LogP contribution is -2.32. The Morgan fingerprint density at radius 2 is 2.27 bits per heavy atom. The van der Waals surface area contributed by atoms with Crippen LogP contribution in [0.3, 0.4) is 0 Å². The lowest BCUT2D eigenvalue weighted by molar-refractivity contribution is -0.122. The number of amides is 1. The van der Waals surface area contributed by atoms with E-state index in [0.29, 0.717) is 17.4 Å². The third-order valence-corrected chi connectivity index (χ3v) is 4.35. The standard InChI is InChI=1S/C16H17BrN2O2S/c1-2-7-21-14-6-3-11(17)8-10(14)9-13-15(20)19(12-4-5-12)16(22)18-13/h3,6,8-9,12H,2,4-5,7H2,1H3,(H,18,22)/b13-9+. The number of benzene rings is 1. The number of nitrogens with zero attached hydrogens (tertiary/aromatic N) is 1. The molecule has 1 amide bonds. The van der Waals surface area contributed by atoms with E-state index < -0.39 is 0 Å². The van der Waals surface area contributed by atoms with Gasteiger partial charge in [-0.3, -0.25) is 9.69 Å². The van der Waals surface area contributed by atoms with Crippen LogP contribution in [0.2, 0.25) is 0 Å². The fraction of sp³-hybridized carbons (Fsp3) is 0.375. The fourth-order valence-electron chi connectivity index (χ4n) is 2.34. The van der Waals surface area contributed by atoms with Crippen LogP contribution in [-0.4, -0.2) is 28.6 Å². The molecular formula is C16H17BrN2O2S. The van der Waals surface area contributed by atoms with Crippen LogP contribution in [-0.2, 0) is 4.79 Å². The predicted octanol–water partition coefficient (Wildman–Crippen LogP) is 3.46. The second-order valence-corrected chi connectivity index (χ2v) is 6.73. The van der Waals surface area contributed by atoms with Crippen LogP contribution in [0.15, 0.2) is 28.4 Å². The minimum Gasteiger partial charge on any atom is -0.493 e. The Bertz CT molecular complexity index is 656. The summed E-state index contributed by atoms with van der Waals surface area (Å²) in [7, 11) is 0. The predicted molar refractivity (Wildman–Crippen MR) is 93.5 cm³/mol. The summed E-state index contributed by atoms with van der Waals surface area (Å²) in [4.78, 5) is 14.2. The van der Waals surface area contributed by atoms with Crippen LogP contribution in [0.1, 0.15) is 31.7 Å². The van der Waals surface area contributed by atoms with Gasteiger partial charge in [0.15, 0.2) is 5.11 Å². The highest BCUT2D eigenvalue weighted by Crippen LogP contribution is 2.32. The van der Waals surface area contributed by atoms with E-state index in [-0.39, 0.29) is 11.9 Å². The fourth-order valence-corrected chi connectivity index (χ4v) is 3.06. The molecule has 1 N–H and O–H groups in total. The van der Waals surface area contributed by atoms with E-state index in [1.807, 2.05) is 24.3 Å². The number of carbonyl (C=O) groups is 1. The smallest absolute Gasteiger partial charge is 0.276 e. The summed E-state index contributed by atoms with van der Waals surface area (Å²) in [6, 6.07) is 6.05. The Balaban J connectivity index is 1.89. The molecular weight excluding hydrogens is 364 g/mol. The van der Waals surface area contributed by atoms with Crippen molar-refractivity contribution in [3.8, 4) is 5.75 Å². The van der Waals surface area contributed by atoms with Crippen LogP contribution in [0.4, 0.5) is 0 Å². The van der Waals surface area contributed by atoms with E-state index in [4.69, 9.17) is 17.0 Å². The first-order chi connectivity index (χ1) is 10.6. The Morgan fingerprint density at radius 3 is 2.95 bits per heavy atom. The van der Waals surface area contributed by atoms with Gasteiger partial charge in [0, 0.05) is 16.1 Å². The second-order valence-electron chi connectivity index (χ2n) is 5.43. The summed E-state index contributed by atoms with van der Waals surface area (Å²) in [6.45, 7) is 2.71. The number of halogens is 1. The molecule has 4 nitrogen and oxygen atoms in total. The van der Waals surface area contributed by atoms with Crippen molar-refractivity contribution in [2.75, 3.05) is 6.61 Å². The highest BCUT2D eigenvalue weighted by Gasteiger charge is 2.41. The molecule has 1 saturated carbocycles.